The van der Waals surface area contributed by atoms with Crippen molar-refractivity contribution in [2.75, 3.05) is 20.8 Å². The zero-order valence-electron chi connectivity index (χ0n) is 12.6. The van der Waals surface area contributed by atoms with E-state index >= 15 is 0 Å². The third-order valence-electron chi connectivity index (χ3n) is 3.67. The molecule has 0 spiro atoms. The number of carbonyl (C=O) groups is 1. The zero-order valence-corrected chi connectivity index (χ0v) is 12.6. The lowest BCUT2D eigenvalue weighted by atomic mass is 9.99. The summed E-state index contributed by atoms with van der Waals surface area (Å²) in [5.74, 6) is -0.0784. The van der Waals surface area contributed by atoms with E-state index in [0.717, 1.165) is 5.56 Å². The highest BCUT2D eigenvalue weighted by Crippen LogP contribution is 2.36. The molecule has 0 amide bonds. The van der Waals surface area contributed by atoms with Crippen LogP contribution in [-0.4, -0.2) is 31.8 Å². The van der Waals surface area contributed by atoms with Crippen LogP contribution in [0.15, 0.2) is 34.8 Å². The molecule has 0 saturated carbocycles. The second-order valence-corrected chi connectivity index (χ2v) is 4.97. The highest BCUT2D eigenvalue weighted by Gasteiger charge is 2.28. The minimum atomic E-state index is -1.21. The van der Waals surface area contributed by atoms with Gasteiger partial charge in [-0.2, -0.15) is 0 Å². The second kappa shape index (κ2) is 5.79. The standard InChI is InChI=1S/C16H15NO6/c1-21-12-4-3-9(7-13(12)22-2)10-5-6-17(20)11-8-14(16(18)19)23-15(10)11/h3-5,7-8,17H,6H2,1-2H3,(H,18,19). The topological polar surface area (TPSA) is 96.4 Å². The lowest BCUT2D eigenvalue weighted by molar-refractivity contribution is -0.769. The molecule has 7 nitrogen and oxygen atoms in total. The molecule has 1 aliphatic rings. The molecule has 1 aromatic carbocycles. The Balaban J connectivity index is 2.10. The molecule has 1 atom stereocenters. The van der Waals surface area contributed by atoms with E-state index in [2.05, 4.69) is 0 Å². The molecule has 2 N–H and O–H groups in total. The summed E-state index contributed by atoms with van der Waals surface area (Å²) in [6.45, 7) is 0.190. The van der Waals surface area contributed by atoms with E-state index < -0.39 is 5.97 Å². The summed E-state index contributed by atoms with van der Waals surface area (Å²) >= 11 is 0. The number of hydroxylamine groups is 1. The van der Waals surface area contributed by atoms with Crippen LogP contribution in [0.3, 0.4) is 0 Å². The number of carboxylic acid groups (broad SMARTS) is 1. The Kier molecular flexibility index (Phi) is 3.81. The van der Waals surface area contributed by atoms with Gasteiger partial charge in [-0.05, 0) is 23.8 Å². The molecule has 0 saturated heterocycles. The summed E-state index contributed by atoms with van der Waals surface area (Å²) in [6.07, 6.45) is 1.72. The number of aromatic carboxylic acids is 1. The molecule has 1 aliphatic heterocycles. The Hall–Kier alpha value is -2.77. The molecule has 0 aliphatic carbocycles. The molecule has 120 valence electrons. The number of nitrogens with one attached hydrogen (secondary N) is 1. The van der Waals surface area contributed by atoms with Crippen molar-refractivity contribution < 1.29 is 28.9 Å². The molecule has 0 bridgehead atoms. The van der Waals surface area contributed by atoms with Crippen molar-refractivity contribution in [3.05, 3.63) is 52.6 Å². The molecule has 0 fully saturated rings. The fourth-order valence-electron chi connectivity index (χ4n) is 2.55. The summed E-state index contributed by atoms with van der Waals surface area (Å²) < 4.78 is 15.9. The van der Waals surface area contributed by atoms with Crippen molar-refractivity contribution in [1.29, 1.82) is 0 Å². The number of carboxylic acids is 1. The first kappa shape index (κ1) is 15.1. The zero-order chi connectivity index (χ0) is 16.6. The summed E-state index contributed by atoms with van der Waals surface area (Å²) in [7, 11) is 3.07. The SMILES string of the molecule is COc1ccc(C2=CC[NH+]([O-])c3cc(C(=O)O)oc32)cc1OC. The van der Waals surface area contributed by atoms with Gasteiger partial charge in [-0.15, -0.1) is 0 Å². The van der Waals surface area contributed by atoms with Crippen molar-refractivity contribution in [3.8, 4) is 11.5 Å². The Labute approximate surface area is 131 Å². The second-order valence-electron chi connectivity index (χ2n) is 4.97. The smallest absolute Gasteiger partial charge is 0.372 e. The van der Waals surface area contributed by atoms with Crippen LogP contribution in [0.2, 0.25) is 0 Å². The Bertz CT molecular complexity index is 792. The van der Waals surface area contributed by atoms with Crippen LogP contribution < -0.4 is 14.5 Å². The number of fused-ring (bicyclic) bond motifs is 1. The van der Waals surface area contributed by atoms with E-state index in [9.17, 15) is 10.0 Å². The maximum atomic E-state index is 12.0. The minimum Gasteiger partial charge on any atom is -0.629 e. The molecule has 23 heavy (non-hydrogen) atoms. The first-order valence-corrected chi connectivity index (χ1v) is 6.88. The normalized spacial score (nSPS) is 16.5. The summed E-state index contributed by atoms with van der Waals surface area (Å²) in [4.78, 5) is 11.1. The molecule has 0 radical (unpaired) electrons. The fourth-order valence-corrected chi connectivity index (χ4v) is 2.55. The predicted octanol–water partition coefficient (Wildman–Crippen LogP) is 1.45. The first-order chi connectivity index (χ1) is 11.0. The van der Waals surface area contributed by atoms with E-state index in [-0.39, 0.29) is 28.8 Å². The van der Waals surface area contributed by atoms with Crippen molar-refractivity contribution in [3.63, 3.8) is 0 Å². The van der Waals surface area contributed by atoms with Gasteiger partial charge in [0.2, 0.25) is 5.76 Å². The molecule has 2 aromatic rings. The largest absolute Gasteiger partial charge is 0.629 e. The Morgan fingerprint density at radius 3 is 2.65 bits per heavy atom. The summed E-state index contributed by atoms with van der Waals surface area (Å²) in [6, 6.07) is 6.57. The van der Waals surface area contributed by atoms with Crippen LogP contribution in [0.1, 0.15) is 21.9 Å². The maximum Gasteiger partial charge on any atom is 0.372 e. The molecule has 2 heterocycles. The fraction of sp³-hybridized carbons (Fsp3) is 0.188. The number of quaternary nitrogens is 1. The van der Waals surface area contributed by atoms with E-state index in [1.54, 1.807) is 31.4 Å². The van der Waals surface area contributed by atoms with Crippen LogP contribution in [0.4, 0.5) is 5.69 Å². The van der Waals surface area contributed by atoms with Crippen molar-refractivity contribution in [2.24, 2.45) is 0 Å². The van der Waals surface area contributed by atoms with E-state index in [1.165, 1.54) is 13.2 Å². The molecular weight excluding hydrogens is 302 g/mol. The number of methoxy groups -OCH3 is 2. The van der Waals surface area contributed by atoms with E-state index in [1.807, 2.05) is 0 Å². The number of benzene rings is 1. The predicted molar refractivity (Wildman–Crippen MR) is 81.1 cm³/mol. The van der Waals surface area contributed by atoms with Gasteiger partial charge in [0.1, 0.15) is 6.54 Å². The Morgan fingerprint density at radius 2 is 2.00 bits per heavy atom. The molecule has 1 unspecified atom stereocenters. The highest BCUT2D eigenvalue weighted by molar-refractivity contribution is 5.89. The van der Waals surface area contributed by atoms with Gasteiger partial charge in [0, 0.05) is 5.57 Å². The van der Waals surface area contributed by atoms with Gasteiger partial charge >= 0.3 is 5.97 Å². The number of hydrogen-bond donors (Lipinski definition) is 2. The lowest BCUT2D eigenvalue weighted by Gasteiger charge is -2.24. The molecule has 3 rings (SSSR count). The van der Waals surface area contributed by atoms with Crippen LogP contribution in [-0.2, 0) is 0 Å². The number of ether oxygens (including phenoxy) is 2. The van der Waals surface area contributed by atoms with Gasteiger partial charge in [-0.3, -0.25) is 0 Å². The third kappa shape index (κ3) is 2.56. The van der Waals surface area contributed by atoms with Gasteiger partial charge in [0.15, 0.2) is 22.9 Å². The highest BCUT2D eigenvalue weighted by atomic mass is 16.5. The number of furan rings is 1. The monoisotopic (exact) mass is 317 g/mol. The van der Waals surface area contributed by atoms with Gasteiger partial charge in [-0.1, -0.05) is 6.07 Å². The van der Waals surface area contributed by atoms with Crippen molar-refractivity contribution >= 4 is 17.2 Å². The summed E-state index contributed by atoms with van der Waals surface area (Å²) in [5, 5.41) is 20.9. The third-order valence-corrected chi connectivity index (χ3v) is 3.67. The van der Waals surface area contributed by atoms with E-state index in [0.29, 0.717) is 17.1 Å². The lowest BCUT2D eigenvalue weighted by Crippen LogP contribution is -3.02. The molecule has 7 heteroatoms. The van der Waals surface area contributed by atoms with Gasteiger partial charge < -0.3 is 29.3 Å². The Morgan fingerprint density at radius 1 is 1.26 bits per heavy atom. The maximum absolute atomic E-state index is 12.0. The van der Waals surface area contributed by atoms with Gasteiger partial charge in [-0.25, -0.2) is 4.79 Å². The van der Waals surface area contributed by atoms with Crippen molar-refractivity contribution in [1.82, 2.24) is 0 Å². The average Bonchev–Trinajstić information content (AvgIpc) is 3.01. The van der Waals surface area contributed by atoms with Crippen LogP contribution in [0.25, 0.3) is 5.57 Å². The van der Waals surface area contributed by atoms with Crippen LogP contribution in [0.5, 0.6) is 11.5 Å². The van der Waals surface area contributed by atoms with Crippen LogP contribution in [0, 0.1) is 5.21 Å². The number of hydrogen-bond acceptors (Lipinski definition) is 5. The minimum absolute atomic E-state index is 0.166. The summed E-state index contributed by atoms with van der Waals surface area (Å²) in [5.41, 5.74) is 1.70. The van der Waals surface area contributed by atoms with Crippen LogP contribution >= 0.6 is 0 Å². The first-order valence-electron chi connectivity index (χ1n) is 6.88. The molecule has 1 aromatic heterocycles. The number of rotatable bonds is 4. The van der Waals surface area contributed by atoms with Gasteiger partial charge in [0.05, 0.1) is 20.3 Å². The van der Waals surface area contributed by atoms with Crippen molar-refractivity contribution in [2.45, 2.75) is 0 Å². The van der Waals surface area contributed by atoms with Gasteiger partial charge in [0.25, 0.3) is 0 Å². The van der Waals surface area contributed by atoms with E-state index in [4.69, 9.17) is 19.0 Å². The quantitative estimate of drug-likeness (QED) is 0.829. The average molecular weight is 317 g/mol. The molecular formula is C16H15NO6.